The first-order valence-corrected chi connectivity index (χ1v) is 5.67. The monoisotopic (exact) mass is 259 g/mol. The number of aliphatic hydroxyl groups is 2. The topological polar surface area (TPSA) is 160 Å². The van der Waals surface area contributed by atoms with Crippen LogP contribution in [0.4, 0.5) is 0 Å². The van der Waals surface area contributed by atoms with E-state index in [1.165, 1.54) is 0 Å². The predicted molar refractivity (Wildman–Crippen MR) is 50.4 cm³/mol. The van der Waals surface area contributed by atoms with E-state index in [2.05, 4.69) is 9.05 Å². The smallest absolute Gasteiger partial charge is 0.472 e. The van der Waals surface area contributed by atoms with E-state index in [0.29, 0.717) is 0 Å². The minimum absolute atomic E-state index is 0.618. The summed E-state index contributed by atoms with van der Waals surface area (Å²) >= 11 is 0. The van der Waals surface area contributed by atoms with Crippen molar-refractivity contribution >= 4 is 13.8 Å². The average Bonchev–Trinajstić information content (AvgIpc) is 2.22. The number of phosphoric acid groups is 1. The maximum Gasteiger partial charge on any atom is 0.472 e. The summed E-state index contributed by atoms with van der Waals surface area (Å²) in [7, 11) is -4.47. The van der Waals surface area contributed by atoms with Crippen LogP contribution in [0.2, 0.25) is 0 Å². The van der Waals surface area contributed by atoms with Crippen LogP contribution in [0.5, 0.6) is 0 Å². The van der Waals surface area contributed by atoms with Gasteiger partial charge < -0.3 is 25.9 Å². The molecule has 0 radical (unpaired) electrons. The Labute approximate surface area is 91.0 Å². The summed E-state index contributed by atoms with van der Waals surface area (Å²) in [5, 5.41) is 25.5. The molecule has 9 nitrogen and oxygen atoms in total. The molecule has 0 aromatic rings. The molecule has 0 spiro atoms. The van der Waals surface area contributed by atoms with Crippen LogP contribution in [0.1, 0.15) is 0 Å². The molecule has 0 saturated carbocycles. The third-order valence-corrected chi connectivity index (χ3v) is 2.33. The molecule has 2 unspecified atom stereocenters. The van der Waals surface area contributed by atoms with Gasteiger partial charge in [0.2, 0.25) is 0 Å². The van der Waals surface area contributed by atoms with Crippen LogP contribution in [0, 0.1) is 0 Å². The summed E-state index contributed by atoms with van der Waals surface area (Å²) in [6.45, 7) is -1.97. The molecule has 0 aromatic carbocycles. The number of hydrogen-bond acceptors (Lipinski definition) is 7. The lowest BCUT2D eigenvalue weighted by molar-refractivity contribution is -0.139. The zero-order valence-corrected chi connectivity index (χ0v) is 9.12. The maximum atomic E-state index is 11.0. The molecule has 0 fully saturated rings. The van der Waals surface area contributed by atoms with Gasteiger partial charge in [0.25, 0.3) is 0 Å². The van der Waals surface area contributed by atoms with E-state index in [9.17, 15) is 9.36 Å². The number of carbonyl (C=O) groups is 1. The van der Waals surface area contributed by atoms with Crippen molar-refractivity contribution < 1.29 is 38.6 Å². The minimum Gasteiger partial charge on any atom is -0.480 e. The standard InChI is InChI=1S/C6H14NO8P/c7-5(6(10)11)3-15-16(12,13)14-2-4(9)1-8/h4-5,8-9H,1-3,7H2,(H,10,11)(H,12,13)/t4?,5-/m1/s1. The van der Waals surface area contributed by atoms with Gasteiger partial charge in [0.05, 0.1) is 19.8 Å². The van der Waals surface area contributed by atoms with Crippen molar-refractivity contribution in [3.8, 4) is 0 Å². The number of hydrogen-bond donors (Lipinski definition) is 5. The fraction of sp³-hybridized carbons (Fsp3) is 0.833. The molecule has 0 bridgehead atoms. The number of phosphoric ester groups is 1. The molecule has 96 valence electrons. The summed E-state index contributed by atoms with van der Waals surface area (Å²) in [6, 6.07) is -1.45. The molecule has 0 aliphatic rings. The molecule has 0 aliphatic heterocycles. The van der Waals surface area contributed by atoms with E-state index >= 15 is 0 Å². The van der Waals surface area contributed by atoms with Gasteiger partial charge in [-0.15, -0.1) is 0 Å². The zero-order chi connectivity index (χ0) is 12.8. The van der Waals surface area contributed by atoms with Crippen molar-refractivity contribution in [1.29, 1.82) is 0 Å². The van der Waals surface area contributed by atoms with Gasteiger partial charge in [-0.25, -0.2) is 4.57 Å². The zero-order valence-electron chi connectivity index (χ0n) is 8.22. The molecule has 0 aromatic heterocycles. The lowest BCUT2D eigenvalue weighted by Gasteiger charge is -2.15. The summed E-state index contributed by atoms with van der Waals surface area (Å²) in [4.78, 5) is 19.2. The Morgan fingerprint density at radius 2 is 1.88 bits per heavy atom. The molecule has 3 atom stereocenters. The van der Waals surface area contributed by atoms with Gasteiger partial charge in [0.1, 0.15) is 12.1 Å². The maximum absolute atomic E-state index is 11.0. The third-order valence-electron chi connectivity index (χ3n) is 1.38. The van der Waals surface area contributed by atoms with Crippen molar-refractivity contribution in [2.24, 2.45) is 5.73 Å². The number of carboxylic acids is 1. The number of aliphatic hydroxyl groups excluding tert-OH is 2. The van der Waals surface area contributed by atoms with E-state index in [1.54, 1.807) is 0 Å². The molecule has 10 heteroatoms. The quantitative estimate of drug-likeness (QED) is 0.307. The molecular formula is C6H14NO8P. The van der Waals surface area contributed by atoms with Crippen LogP contribution in [0.25, 0.3) is 0 Å². The summed E-state index contributed by atoms with van der Waals surface area (Å²) in [5.41, 5.74) is 5.00. The Bertz CT molecular complexity index is 271. The Morgan fingerprint density at radius 1 is 1.38 bits per heavy atom. The molecule has 6 N–H and O–H groups in total. The van der Waals surface area contributed by atoms with Crippen LogP contribution in [-0.4, -0.2) is 58.1 Å². The number of aliphatic carboxylic acids is 1. The molecule has 0 saturated heterocycles. The van der Waals surface area contributed by atoms with E-state index in [1.807, 2.05) is 0 Å². The number of rotatable bonds is 8. The van der Waals surface area contributed by atoms with Gasteiger partial charge in [0.15, 0.2) is 0 Å². The lowest BCUT2D eigenvalue weighted by Crippen LogP contribution is -2.34. The van der Waals surface area contributed by atoms with Gasteiger partial charge in [-0.2, -0.15) is 0 Å². The molecule has 0 rings (SSSR count). The fourth-order valence-electron chi connectivity index (χ4n) is 0.516. The largest absolute Gasteiger partial charge is 0.480 e. The minimum atomic E-state index is -4.47. The van der Waals surface area contributed by atoms with Crippen molar-refractivity contribution in [2.45, 2.75) is 12.1 Å². The van der Waals surface area contributed by atoms with E-state index in [-0.39, 0.29) is 0 Å². The van der Waals surface area contributed by atoms with Crippen LogP contribution in [0.3, 0.4) is 0 Å². The average molecular weight is 259 g/mol. The molecular weight excluding hydrogens is 245 g/mol. The second-order valence-corrected chi connectivity index (χ2v) is 4.29. The Balaban J connectivity index is 3.96. The molecule has 0 amide bonds. The predicted octanol–water partition coefficient (Wildman–Crippen LogP) is -2.11. The lowest BCUT2D eigenvalue weighted by atomic mass is 10.3. The second-order valence-electron chi connectivity index (χ2n) is 2.84. The highest BCUT2D eigenvalue weighted by Crippen LogP contribution is 2.43. The third kappa shape index (κ3) is 6.85. The van der Waals surface area contributed by atoms with Gasteiger partial charge in [-0.05, 0) is 0 Å². The first-order chi connectivity index (χ1) is 7.28. The molecule has 0 heterocycles. The van der Waals surface area contributed by atoms with Crippen molar-refractivity contribution in [1.82, 2.24) is 0 Å². The molecule has 0 aliphatic carbocycles. The normalized spacial score (nSPS) is 18.8. The van der Waals surface area contributed by atoms with Crippen LogP contribution in [0.15, 0.2) is 0 Å². The highest BCUT2D eigenvalue weighted by Gasteiger charge is 2.25. The van der Waals surface area contributed by atoms with E-state index in [0.717, 1.165) is 0 Å². The van der Waals surface area contributed by atoms with Crippen LogP contribution >= 0.6 is 7.82 Å². The van der Waals surface area contributed by atoms with E-state index in [4.69, 9.17) is 25.9 Å². The summed E-state index contributed by atoms with van der Waals surface area (Å²) in [5.74, 6) is -1.39. The van der Waals surface area contributed by atoms with Crippen molar-refractivity contribution in [2.75, 3.05) is 19.8 Å². The van der Waals surface area contributed by atoms with Crippen LogP contribution < -0.4 is 5.73 Å². The Morgan fingerprint density at radius 3 is 2.31 bits per heavy atom. The van der Waals surface area contributed by atoms with Crippen LogP contribution in [-0.2, 0) is 18.4 Å². The fourth-order valence-corrected chi connectivity index (χ4v) is 1.30. The molecule has 16 heavy (non-hydrogen) atoms. The highest BCUT2D eigenvalue weighted by molar-refractivity contribution is 7.47. The second kappa shape index (κ2) is 6.92. The number of carboxylic acid groups (broad SMARTS) is 1. The van der Waals surface area contributed by atoms with Gasteiger partial charge in [-0.3, -0.25) is 13.8 Å². The van der Waals surface area contributed by atoms with Gasteiger partial charge >= 0.3 is 13.8 Å². The SMILES string of the molecule is N[C@H](COP(=O)(O)OCC(O)CO)C(=O)O. The van der Waals surface area contributed by atoms with Gasteiger partial charge in [0, 0.05) is 0 Å². The van der Waals surface area contributed by atoms with Crippen molar-refractivity contribution in [3.05, 3.63) is 0 Å². The first kappa shape index (κ1) is 15.5. The summed E-state index contributed by atoms with van der Waals surface area (Å²) < 4.78 is 19.5. The number of nitrogens with two attached hydrogens (primary N) is 1. The highest BCUT2D eigenvalue weighted by atomic mass is 31.2. The van der Waals surface area contributed by atoms with Crippen molar-refractivity contribution in [3.63, 3.8) is 0 Å². The summed E-state index contributed by atoms with van der Waals surface area (Å²) in [6.07, 6.45) is -1.32. The van der Waals surface area contributed by atoms with Gasteiger partial charge in [-0.1, -0.05) is 0 Å². The first-order valence-electron chi connectivity index (χ1n) is 4.17. The Kier molecular flexibility index (Phi) is 6.68. The Hall–Kier alpha value is -0.540. The van der Waals surface area contributed by atoms with E-state index < -0.39 is 45.8 Å².